The van der Waals surface area contributed by atoms with Gasteiger partial charge in [0.25, 0.3) is 0 Å². The fourth-order valence-electron chi connectivity index (χ4n) is 2.71. The molecule has 21 heavy (non-hydrogen) atoms. The van der Waals surface area contributed by atoms with E-state index in [9.17, 15) is 14.3 Å². The molecule has 0 aromatic heterocycles. The molecule has 0 bridgehead atoms. The van der Waals surface area contributed by atoms with Crippen LogP contribution >= 0.6 is 0 Å². The molecule has 1 aromatic rings. The topological polar surface area (TPSA) is 40.5 Å². The molecule has 1 heterocycles. The number of hydrogen-bond acceptors (Lipinski definition) is 2. The number of likely N-dealkylation sites (tertiary alicyclic amines) is 1. The Kier molecular flexibility index (Phi) is 5.12. The second kappa shape index (κ2) is 6.85. The average molecular weight is 291 g/mol. The Morgan fingerprint density at radius 2 is 2.10 bits per heavy atom. The first-order valence-corrected chi connectivity index (χ1v) is 7.38. The Morgan fingerprint density at radius 3 is 2.71 bits per heavy atom. The predicted molar refractivity (Wildman–Crippen MR) is 81.0 cm³/mol. The minimum atomic E-state index is -0.387. The maximum Gasteiger partial charge on any atom is 0.249 e. The molecule has 1 aliphatic rings. The highest BCUT2D eigenvalue weighted by Gasteiger charge is 2.26. The van der Waals surface area contributed by atoms with E-state index in [4.69, 9.17) is 0 Å². The van der Waals surface area contributed by atoms with Crippen molar-refractivity contribution in [3.05, 3.63) is 41.2 Å². The van der Waals surface area contributed by atoms with E-state index in [0.717, 1.165) is 24.9 Å². The molecule has 0 saturated carbocycles. The van der Waals surface area contributed by atoms with Gasteiger partial charge in [0, 0.05) is 24.6 Å². The second-order valence-corrected chi connectivity index (χ2v) is 5.77. The molecule has 2 rings (SSSR count). The first kappa shape index (κ1) is 15.7. The van der Waals surface area contributed by atoms with Gasteiger partial charge in [-0.25, -0.2) is 4.39 Å². The van der Waals surface area contributed by atoms with Crippen molar-refractivity contribution in [2.45, 2.75) is 32.8 Å². The van der Waals surface area contributed by atoms with Gasteiger partial charge >= 0.3 is 0 Å². The van der Waals surface area contributed by atoms with Crippen molar-refractivity contribution in [2.24, 2.45) is 5.92 Å². The first-order valence-electron chi connectivity index (χ1n) is 7.38. The van der Waals surface area contributed by atoms with Crippen molar-refractivity contribution in [1.82, 2.24) is 4.90 Å². The van der Waals surface area contributed by atoms with Crippen molar-refractivity contribution in [3.8, 4) is 0 Å². The summed E-state index contributed by atoms with van der Waals surface area (Å²) in [5.41, 5.74) is 1.44. The summed E-state index contributed by atoms with van der Waals surface area (Å²) in [6.45, 7) is 4.89. The van der Waals surface area contributed by atoms with Gasteiger partial charge in [0.15, 0.2) is 0 Å². The maximum absolute atomic E-state index is 12.9. The molecular formula is C17H22FNO2. The third kappa shape index (κ3) is 4.14. The number of amides is 1. The summed E-state index contributed by atoms with van der Waals surface area (Å²) in [4.78, 5) is 14.2. The number of nitrogens with zero attached hydrogens (tertiary/aromatic N) is 1. The van der Waals surface area contributed by atoms with Crippen LogP contribution in [0.5, 0.6) is 0 Å². The van der Waals surface area contributed by atoms with E-state index >= 15 is 0 Å². The third-order valence-electron chi connectivity index (χ3n) is 4.02. The Bertz CT molecular complexity index is 522. The lowest BCUT2D eigenvalue weighted by Crippen LogP contribution is -2.43. The van der Waals surface area contributed by atoms with Gasteiger partial charge in [-0.05, 0) is 50.5 Å². The van der Waals surface area contributed by atoms with E-state index in [0.29, 0.717) is 12.1 Å². The minimum Gasteiger partial charge on any atom is -0.393 e. The molecule has 2 unspecified atom stereocenters. The van der Waals surface area contributed by atoms with Crippen molar-refractivity contribution < 1.29 is 14.3 Å². The standard InChI is InChI=1S/C17H22FNO2/c1-12(10-14-5-7-16(18)8-6-14)17(21)19-9-3-4-15(11-19)13(2)20/h5-8,10,13,15,20H,3-4,9,11H2,1-2H3/b12-10+. The average Bonchev–Trinajstić information content (AvgIpc) is 2.49. The Labute approximate surface area is 125 Å². The number of benzene rings is 1. The molecule has 3 nitrogen and oxygen atoms in total. The minimum absolute atomic E-state index is 0.00956. The summed E-state index contributed by atoms with van der Waals surface area (Å²) in [6, 6.07) is 6.07. The summed E-state index contributed by atoms with van der Waals surface area (Å²) < 4.78 is 12.9. The van der Waals surface area contributed by atoms with Gasteiger partial charge in [0.2, 0.25) is 5.91 Å². The highest BCUT2D eigenvalue weighted by atomic mass is 19.1. The van der Waals surface area contributed by atoms with Crippen LogP contribution in [0.15, 0.2) is 29.8 Å². The lowest BCUT2D eigenvalue weighted by molar-refractivity contribution is -0.129. The maximum atomic E-state index is 12.9. The van der Waals surface area contributed by atoms with Crippen LogP contribution in [0, 0.1) is 11.7 Å². The molecule has 1 aromatic carbocycles. The number of carbonyl (C=O) groups is 1. The van der Waals surface area contributed by atoms with Crippen molar-refractivity contribution in [3.63, 3.8) is 0 Å². The van der Waals surface area contributed by atoms with Crippen molar-refractivity contribution in [2.75, 3.05) is 13.1 Å². The molecule has 0 radical (unpaired) electrons. The van der Waals surface area contributed by atoms with Gasteiger partial charge in [-0.3, -0.25) is 4.79 Å². The molecular weight excluding hydrogens is 269 g/mol. The molecule has 1 saturated heterocycles. The lowest BCUT2D eigenvalue weighted by atomic mass is 9.93. The fraction of sp³-hybridized carbons (Fsp3) is 0.471. The number of aliphatic hydroxyl groups is 1. The fourth-order valence-corrected chi connectivity index (χ4v) is 2.71. The van der Waals surface area contributed by atoms with Crippen LogP contribution in [0.2, 0.25) is 0 Å². The molecule has 4 heteroatoms. The molecule has 1 fully saturated rings. The van der Waals surface area contributed by atoms with Gasteiger partial charge in [-0.15, -0.1) is 0 Å². The molecule has 1 aliphatic heterocycles. The van der Waals surface area contributed by atoms with Gasteiger partial charge in [0.1, 0.15) is 5.82 Å². The number of aliphatic hydroxyl groups excluding tert-OH is 1. The Balaban J connectivity index is 2.06. The third-order valence-corrected chi connectivity index (χ3v) is 4.02. The van der Waals surface area contributed by atoms with E-state index in [1.807, 2.05) is 0 Å². The van der Waals surface area contributed by atoms with Gasteiger partial charge < -0.3 is 10.0 Å². The quantitative estimate of drug-likeness (QED) is 0.870. The van der Waals surface area contributed by atoms with Crippen molar-refractivity contribution >= 4 is 12.0 Å². The zero-order valence-corrected chi connectivity index (χ0v) is 12.6. The SMILES string of the molecule is C/C(=C\c1ccc(F)cc1)C(=O)N1CCCC(C(C)O)C1. The smallest absolute Gasteiger partial charge is 0.249 e. The number of hydrogen-bond donors (Lipinski definition) is 1. The van der Waals surface area contributed by atoms with Crippen LogP contribution in [0.3, 0.4) is 0 Å². The molecule has 1 amide bonds. The van der Waals surface area contributed by atoms with E-state index in [1.165, 1.54) is 12.1 Å². The zero-order valence-electron chi connectivity index (χ0n) is 12.6. The Morgan fingerprint density at radius 1 is 1.43 bits per heavy atom. The van der Waals surface area contributed by atoms with Gasteiger partial charge in [0.05, 0.1) is 6.10 Å². The molecule has 114 valence electrons. The van der Waals surface area contributed by atoms with Gasteiger partial charge in [-0.2, -0.15) is 0 Å². The summed E-state index contributed by atoms with van der Waals surface area (Å²) in [5, 5.41) is 9.69. The van der Waals surface area contributed by atoms with Crippen LogP contribution in [0.1, 0.15) is 32.3 Å². The number of piperidine rings is 1. The van der Waals surface area contributed by atoms with Crippen molar-refractivity contribution in [1.29, 1.82) is 0 Å². The largest absolute Gasteiger partial charge is 0.393 e. The van der Waals surface area contributed by atoms with E-state index in [2.05, 4.69) is 0 Å². The number of rotatable bonds is 3. The first-order chi connectivity index (χ1) is 9.97. The summed E-state index contributed by atoms with van der Waals surface area (Å²) in [5.74, 6) is -0.141. The normalized spacial score (nSPS) is 21.2. The highest BCUT2D eigenvalue weighted by molar-refractivity contribution is 5.97. The molecule has 1 N–H and O–H groups in total. The highest BCUT2D eigenvalue weighted by Crippen LogP contribution is 2.21. The molecule has 2 atom stereocenters. The lowest BCUT2D eigenvalue weighted by Gasteiger charge is -2.34. The summed E-state index contributed by atoms with van der Waals surface area (Å²) >= 11 is 0. The predicted octanol–water partition coefficient (Wildman–Crippen LogP) is 2.85. The monoisotopic (exact) mass is 291 g/mol. The van der Waals surface area contributed by atoms with Crippen LogP contribution in [0.25, 0.3) is 6.08 Å². The van der Waals surface area contributed by atoms with Crippen LogP contribution in [-0.2, 0) is 4.79 Å². The summed E-state index contributed by atoms with van der Waals surface area (Å²) in [6.07, 6.45) is 3.27. The summed E-state index contributed by atoms with van der Waals surface area (Å²) in [7, 11) is 0. The number of halogens is 1. The molecule has 0 spiro atoms. The van der Waals surface area contributed by atoms with Gasteiger partial charge in [-0.1, -0.05) is 12.1 Å². The second-order valence-electron chi connectivity index (χ2n) is 5.77. The van der Waals surface area contributed by atoms with Crippen LogP contribution < -0.4 is 0 Å². The van der Waals surface area contributed by atoms with E-state index < -0.39 is 0 Å². The molecule has 0 aliphatic carbocycles. The van der Waals surface area contributed by atoms with E-state index in [-0.39, 0.29) is 23.7 Å². The van der Waals surface area contributed by atoms with Crippen LogP contribution in [-0.4, -0.2) is 35.1 Å². The number of carbonyl (C=O) groups excluding carboxylic acids is 1. The Hall–Kier alpha value is -1.68. The van der Waals surface area contributed by atoms with Crippen LogP contribution in [0.4, 0.5) is 4.39 Å². The zero-order chi connectivity index (χ0) is 15.4. The van der Waals surface area contributed by atoms with E-state index in [1.54, 1.807) is 37.0 Å².